The molecule has 2 aromatic rings. The Hall–Kier alpha value is -2.75. The Morgan fingerprint density at radius 1 is 1.22 bits per heavy atom. The van der Waals surface area contributed by atoms with Gasteiger partial charge in [0, 0.05) is 12.7 Å². The zero-order chi connectivity index (χ0) is 16.4. The van der Waals surface area contributed by atoms with E-state index in [-0.39, 0.29) is 5.91 Å². The van der Waals surface area contributed by atoms with Crippen molar-refractivity contribution in [3.05, 3.63) is 72.3 Å². The minimum atomic E-state index is -0.609. The van der Waals surface area contributed by atoms with E-state index in [1.54, 1.807) is 11.0 Å². The average Bonchev–Trinajstić information content (AvgIpc) is 2.58. The van der Waals surface area contributed by atoms with Crippen LogP contribution in [0.3, 0.4) is 0 Å². The van der Waals surface area contributed by atoms with Crippen LogP contribution in [0.25, 0.3) is 0 Å². The van der Waals surface area contributed by atoms with Crippen LogP contribution in [0.1, 0.15) is 22.8 Å². The molecular weight excluding hydrogens is 288 g/mol. The van der Waals surface area contributed by atoms with Crippen molar-refractivity contribution in [1.82, 2.24) is 4.90 Å². The lowest BCUT2D eigenvalue weighted by Crippen LogP contribution is -2.53. The molecule has 1 aliphatic rings. The number of hydrogen-bond donors (Lipinski definition) is 1. The summed E-state index contributed by atoms with van der Waals surface area (Å²) in [5, 5.41) is 3.48. The molecule has 2 aromatic carbocycles. The normalized spacial score (nSPS) is 19.7. The monoisotopic (exact) mass is 308 g/mol. The number of anilines is 1. The number of nitrogens with zero attached hydrogens (tertiary/aromatic N) is 1. The van der Waals surface area contributed by atoms with Crippen molar-refractivity contribution in [2.75, 3.05) is 19.0 Å². The van der Waals surface area contributed by atoms with Gasteiger partial charge < -0.3 is 15.0 Å². The van der Waals surface area contributed by atoms with Crippen LogP contribution in [0.4, 0.5) is 5.69 Å². The standard InChI is InChI=1S/C19H20N2O2/c1-4-13-23-15-11-9-14(10-12-15)19(2)20-17-8-6-5-7-16(17)18(22)21(19)3/h4-12,20H,1,13H2,2-3H3. The number of hydrogen-bond acceptors (Lipinski definition) is 3. The average molecular weight is 308 g/mol. The van der Waals surface area contributed by atoms with E-state index in [9.17, 15) is 4.79 Å². The van der Waals surface area contributed by atoms with Crippen LogP contribution in [0.2, 0.25) is 0 Å². The van der Waals surface area contributed by atoms with Gasteiger partial charge in [-0.2, -0.15) is 0 Å². The van der Waals surface area contributed by atoms with E-state index in [1.165, 1.54) is 0 Å². The number of rotatable bonds is 4. The van der Waals surface area contributed by atoms with E-state index >= 15 is 0 Å². The number of ether oxygens (including phenoxy) is 1. The number of fused-ring (bicyclic) bond motifs is 1. The van der Waals surface area contributed by atoms with Crippen molar-refractivity contribution < 1.29 is 9.53 Å². The summed E-state index contributed by atoms with van der Waals surface area (Å²) in [7, 11) is 1.81. The predicted octanol–water partition coefficient (Wildman–Crippen LogP) is 3.62. The Labute approximate surface area is 136 Å². The van der Waals surface area contributed by atoms with Crippen molar-refractivity contribution in [2.45, 2.75) is 12.6 Å². The van der Waals surface area contributed by atoms with Crippen LogP contribution in [0.15, 0.2) is 61.2 Å². The second-order valence-corrected chi connectivity index (χ2v) is 5.73. The zero-order valence-corrected chi connectivity index (χ0v) is 13.4. The molecule has 1 heterocycles. The summed E-state index contributed by atoms with van der Waals surface area (Å²) in [5.74, 6) is 0.788. The lowest BCUT2D eigenvalue weighted by molar-refractivity contribution is 0.0615. The highest BCUT2D eigenvalue weighted by Gasteiger charge is 2.39. The van der Waals surface area contributed by atoms with Gasteiger partial charge in [-0.3, -0.25) is 4.79 Å². The van der Waals surface area contributed by atoms with Crippen molar-refractivity contribution >= 4 is 11.6 Å². The molecule has 4 nitrogen and oxygen atoms in total. The van der Waals surface area contributed by atoms with Gasteiger partial charge in [-0.15, -0.1) is 0 Å². The molecule has 0 aromatic heterocycles. The molecule has 0 saturated carbocycles. The van der Waals surface area contributed by atoms with Gasteiger partial charge in [0.1, 0.15) is 18.0 Å². The van der Waals surface area contributed by atoms with E-state index < -0.39 is 5.66 Å². The van der Waals surface area contributed by atoms with Gasteiger partial charge in [0.2, 0.25) is 0 Å². The highest BCUT2D eigenvalue weighted by molar-refractivity contribution is 6.02. The number of para-hydroxylation sites is 1. The molecule has 118 valence electrons. The van der Waals surface area contributed by atoms with Gasteiger partial charge in [0.05, 0.1) is 5.56 Å². The fourth-order valence-corrected chi connectivity index (χ4v) is 2.81. The van der Waals surface area contributed by atoms with Gasteiger partial charge in [0.15, 0.2) is 0 Å². The van der Waals surface area contributed by atoms with Crippen LogP contribution in [-0.2, 0) is 5.66 Å². The SMILES string of the molecule is C=CCOc1ccc(C2(C)Nc3ccccc3C(=O)N2C)cc1. The summed E-state index contributed by atoms with van der Waals surface area (Å²) >= 11 is 0. The first-order valence-electron chi connectivity index (χ1n) is 7.56. The van der Waals surface area contributed by atoms with E-state index in [4.69, 9.17) is 4.74 Å². The van der Waals surface area contributed by atoms with Crippen molar-refractivity contribution in [2.24, 2.45) is 0 Å². The molecule has 1 N–H and O–H groups in total. The Kier molecular flexibility index (Phi) is 3.82. The Morgan fingerprint density at radius 2 is 1.91 bits per heavy atom. The lowest BCUT2D eigenvalue weighted by Gasteiger charge is -2.44. The molecule has 1 amide bonds. The van der Waals surface area contributed by atoms with Gasteiger partial charge >= 0.3 is 0 Å². The fraction of sp³-hybridized carbons (Fsp3) is 0.211. The predicted molar refractivity (Wildman–Crippen MR) is 91.6 cm³/mol. The molecule has 1 unspecified atom stereocenters. The second-order valence-electron chi connectivity index (χ2n) is 5.73. The van der Waals surface area contributed by atoms with Crippen LogP contribution >= 0.6 is 0 Å². The number of carbonyl (C=O) groups excluding carboxylic acids is 1. The third kappa shape index (κ3) is 2.57. The third-order valence-corrected chi connectivity index (χ3v) is 4.30. The minimum Gasteiger partial charge on any atom is -0.490 e. The molecule has 0 saturated heterocycles. The molecule has 4 heteroatoms. The first-order valence-corrected chi connectivity index (χ1v) is 7.56. The molecular formula is C19H20N2O2. The number of amides is 1. The second kappa shape index (κ2) is 5.80. The fourth-order valence-electron chi connectivity index (χ4n) is 2.81. The van der Waals surface area contributed by atoms with Crippen LogP contribution in [0, 0.1) is 0 Å². The quantitative estimate of drug-likeness (QED) is 0.877. The van der Waals surface area contributed by atoms with E-state index in [0.29, 0.717) is 12.2 Å². The van der Waals surface area contributed by atoms with E-state index in [2.05, 4.69) is 11.9 Å². The van der Waals surface area contributed by atoms with Crippen LogP contribution < -0.4 is 10.1 Å². The third-order valence-electron chi connectivity index (χ3n) is 4.30. The number of nitrogens with one attached hydrogen (secondary N) is 1. The first-order chi connectivity index (χ1) is 11.1. The van der Waals surface area contributed by atoms with Crippen molar-refractivity contribution in [3.8, 4) is 5.75 Å². The molecule has 3 rings (SSSR count). The molecule has 0 fully saturated rings. The maximum atomic E-state index is 12.7. The molecule has 0 spiro atoms. The summed E-state index contributed by atoms with van der Waals surface area (Å²) in [6.07, 6.45) is 1.71. The zero-order valence-electron chi connectivity index (χ0n) is 13.4. The molecule has 0 bridgehead atoms. The molecule has 23 heavy (non-hydrogen) atoms. The summed E-state index contributed by atoms with van der Waals surface area (Å²) in [6, 6.07) is 15.3. The van der Waals surface area contributed by atoms with Crippen molar-refractivity contribution in [3.63, 3.8) is 0 Å². The minimum absolute atomic E-state index is 0.00818. The smallest absolute Gasteiger partial charge is 0.257 e. The molecule has 1 atom stereocenters. The largest absolute Gasteiger partial charge is 0.490 e. The van der Waals surface area contributed by atoms with Gasteiger partial charge in [-0.1, -0.05) is 36.9 Å². The summed E-state index contributed by atoms with van der Waals surface area (Å²) in [6.45, 7) is 6.11. The summed E-state index contributed by atoms with van der Waals surface area (Å²) in [5.41, 5.74) is 1.93. The van der Waals surface area contributed by atoms with E-state index in [1.807, 2.05) is 62.5 Å². The molecule has 0 radical (unpaired) electrons. The van der Waals surface area contributed by atoms with Gasteiger partial charge in [-0.25, -0.2) is 0 Å². The van der Waals surface area contributed by atoms with Crippen LogP contribution in [-0.4, -0.2) is 24.5 Å². The lowest BCUT2D eigenvalue weighted by atomic mass is 9.94. The first kappa shape index (κ1) is 15.2. The Bertz CT molecular complexity index is 739. The highest BCUT2D eigenvalue weighted by Crippen LogP contribution is 2.37. The summed E-state index contributed by atoms with van der Waals surface area (Å²) < 4.78 is 5.52. The topological polar surface area (TPSA) is 41.6 Å². The van der Waals surface area contributed by atoms with Gasteiger partial charge in [-0.05, 0) is 36.8 Å². The molecule has 0 aliphatic carbocycles. The summed E-state index contributed by atoms with van der Waals surface area (Å²) in [4.78, 5) is 14.4. The van der Waals surface area contributed by atoms with Crippen LogP contribution in [0.5, 0.6) is 5.75 Å². The van der Waals surface area contributed by atoms with Crippen molar-refractivity contribution in [1.29, 1.82) is 0 Å². The number of benzene rings is 2. The van der Waals surface area contributed by atoms with E-state index in [0.717, 1.165) is 17.0 Å². The number of carbonyl (C=O) groups is 1. The Balaban J connectivity index is 1.95. The molecule has 1 aliphatic heterocycles. The highest BCUT2D eigenvalue weighted by atomic mass is 16.5. The van der Waals surface area contributed by atoms with Gasteiger partial charge in [0.25, 0.3) is 5.91 Å². The Morgan fingerprint density at radius 3 is 2.61 bits per heavy atom. The maximum Gasteiger partial charge on any atom is 0.257 e. The maximum absolute atomic E-state index is 12.7.